The van der Waals surface area contributed by atoms with Crippen LogP contribution in [0.15, 0.2) is 0 Å². The van der Waals surface area contributed by atoms with Crippen LogP contribution in [0.2, 0.25) is 0 Å². The third-order valence-corrected chi connectivity index (χ3v) is 4.38. The highest BCUT2D eigenvalue weighted by molar-refractivity contribution is 7.99. The molecule has 1 amide bonds. The fraction of sp³-hybridized carbons (Fsp3) is 0.938. The lowest BCUT2D eigenvalue weighted by atomic mass is 10.1. The Morgan fingerprint density at radius 3 is 2.00 bits per heavy atom. The fourth-order valence-corrected chi connectivity index (χ4v) is 2.85. The zero-order valence-electron chi connectivity index (χ0n) is 13.3. The highest BCUT2D eigenvalue weighted by Gasteiger charge is 2.00. The molecular weight excluding hydrogens is 286 g/mol. The minimum atomic E-state index is 0.115. The summed E-state index contributed by atoms with van der Waals surface area (Å²) in [4.78, 5) is 11.4. The number of rotatable bonds is 16. The molecule has 0 aliphatic rings. The van der Waals surface area contributed by atoms with Crippen molar-refractivity contribution in [1.29, 1.82) is 0 Å². The molecule has 0 atom stereocenters. The molecule has 0 aromatic heterocycles. The van der Waals surface area contributed by atoms with Gasteiger partial charge in [0.25, 0.3) is 0 Å². The van der Waals surface area contributed by atoms with Crippen molar-refractivity contribution in [1.82, 2.24) is 5.32 Å². The quantitative estimate of drug-likeness (QED) is 0.383. The van der Waals surface area contributed by atoms with Crippen LogP contribution < -0.4 is 5.32 Å². The Hall–Kier alpha value is -0.260. The maximum absolute atomic E-state index is 11.4. The van der Waals surface area contributed by atoms with Crippen molar-refractivity contribution in [2.24, 2.45) is 0 Å². The second-order valence-corrected chi connectivity index (χ2v) is 6.57. The van der Waals surface area contributed by atoms with Crippen LogP contribution in [-0.4, -0.2) is 47.4 Å². The number of aliphatic hydroxyl groups is 2. The van der Waals surface area contributed by atoms with Crippen molar-refractivity contribution >= 4 is 17.7 Å². The highest BCUT2D eigenvalue weighted by atomic mass is 32.2. The van der Waals surface area contributed by atoms with Crippen LogP contribution >= 0.6 is 11.8 Å². The first-order valence-electron chi connectivity index (χ1n) is 8.37. The monoisotopic (exact) mass is 319 g/mol. The molecule has 0 saturated carbocycles. The lowest BCUT2D eigenvalue weighted by molar-refractivity contribution is -0.121. The number of carbonyl (C=O) groups is 1. The first-order valence-corrected chi connectivity index (χ1v) is 9.53. The summed E-state index contributed by atoms with van der Waals surface area (Å²) >= 11 is 1.84. The van der Waals surface area contributed by atoms with E-state index in [4.69, 9.17) is 10.2 Å². The lowest BCUT2D eigenvalue weighted by Gasteiger charge is -2.04. The van der Waals surface area contributed by atoms with E-state index in [1.54, 1.807) is 0 Å². The van der Waals surface area contributed by atoms with Crippen molar-refractivity contribution in [3.63, 3.8) is 0 Å². The zero-order valence-corrected chi connectivity index (χ0v) is 14.1. The van der Waals surface area contributed by atoms with E-state index in [-0.39, 0.29) is 12.5 Å². The number of unbranched alkanes of at least 4 members (excludes halogenated alkanes) is 7. The molecule has 4 nitrogen and oxygen atoms in total. The third-order valence-electron chi connectivity index (χ3n) is 3.34. The molecule has 0 fully saturated rings. The SMILES string of the molecule is O=C(CCCCCCCCCCSCCO)NCCCO. The van der Waals surface area contributed by atoms with Gasteiger partial charge in [-0.3, -0.25) is 4.79 Å². The Labute approximate surface area is 134 Å². The van der Waals surface area contributed by atoms with Crippen LogP contribution in [0.1, 0.15) is 64.2 Å². The van der Waals surface area contributed by atoms with Crippen molar-refractivity contribution in [2.75, 3.05) is 31.3 Å². The van der Waals surface area contributed by atoms with Gasteiger partial charge in [0.15, 0.2) is 0 Å². The molecule has 126 valence electrons. The fourth-order valence-electron chi connectivity index (χ4n) is 2.11. The van der Waals surface area contributed by atoms with E-state index >= 15 is 0 Å². The average molecular weight is 320 g/mol. The van der Waals surface area contributed by atoms with Crippen LogP contribution in [0.5, 0.6) is 0 Å². The first kappa shape index (κ1) is 20.7. The Balaban J connectivity index is 3.06. The minimum Gasteiger partial charge on any atom is -0.396 e. The summed E-state index contributed by atoms with van der Waals surface area (Å²) in [5.74, 6) is 2.16. The van der Waals surface area contributed by atoms with Gasteiger partial charge in [0.1, 0.15) is 0 Å². The predicted octanol–water partition coefficient (Wildman–Crippen LogP) is 2.72. The summed E-state index contributed by atoms with van der Waals surface area (Å²) in [7, 11) is 0. The van der Waals surface area contributed by atoms with E-state index in [1.807, 2.05) is 11.8 Å². The molecule has 0 aromatic carbocycles. The molecule has 0 spiro atoms. The van der Waals surface area contributed by atoms with Crippen molar-refractivity contribution in [2.45, 2.75) is 64.2 Å². The van der Waals surface area contributed by atoms with Crippen LogP contribution in [0.4, 0.5) is 0 Å². The third kappa shape index (κ3) is 17.7. The van der Waals surface area contributed by atoms with Crippen molar-refractivity contribution in [3.8, 4) is 0 Å². The normalized spacial score (nSPS) is 10.8. The summed E-state index contributed by atoms with van der Waals surface area (Å²) in [6.07, 6.45) is 11.0. The summed E-state index contributed by atoms with van der Waals surface area (Å²) in [6.45, 7) is 1.02. The van der Waals surface area contributed by atoms with Crippen LogP contribution in [0, 0.1) is 0 Å². The van der Waals surface area contributed by atoms with Gasteiger partial charge < -0.3 is 15.5 Å². The van der Waals surface area contributed by atoms with Gasteiger partial charge in [-0.2, -0.15) is 11.8 Å². The first-order chi connectivity index (χ1) is 10.3. The number of thioether (sulfide) groups is 1. The number of aliphatic hydroxyl groups excluding tert-OH is 2. The Bertz CT molecular complexity index is 228. The van der Waals surface area contributed by atoms with E-state index in [9.17, 15) is 4.79 Å². The van der Waals surface area contributed by atoms with Gasteiger partial charge in [0.2, 0.25) is 5.91 Å². The topological polar surface area (TPSA) is 69.6 Å². The molecule has 0 aliphatic carbocycles. The Morgan fingerprint density at radius 2 is 1.38 bits per heavy atom. The molecule has 0 bridgehead atoms. The molecule has 0 aromatic rings. The lowest BCUT2D eigenvalue weighted by Crippen LogP contribution is -2.24. The molecule has 0 aliphatic heterocycles. The number of hydrogen-bond acceptors (Lipinski definition) is 4. The molecule has 0 saturated heterocycles. The van der Waals surface area contributed by atoms with Gasteiger partial charge in [-0.25, -0.2) is 0 Å². The van der Waals surface area contributed by atoms with Gasteiger partial charge in [-0.15, -0.1) is 0 Å². The molecule has 5 heteroatoms. The van der Waals surface area contributed by atoms with E-state index in [0.29, 0.717) is 26.0 Å². The minimum absolute atomic E-state index is 0.115. The molecule has 0 radical (unpaired) electrons. The van der Waals surface area contributed by atoms with Crippen molar-refractivity contribution in [3.05, 3.63) is 0 Å². The second kappa shape index (κ2) is 17.8. The zero-order chi connectivity index (χ0) is 15.6. The highest BCUT2D eigenvalue weighted by Crippen LogP contribution is 2.11. The summed E-state index contributed by atoms with van der Waals surface area (Å²) in [5, 5.41) is 20.1. The number of nitrogens with one attached hydrogen (secondary N) is 1. The maximum Gasteiger partial charge on any atom is 0.219 e. The van der Waals surface area contributed by atoms with E-state index in [1.165, 1.54) is 44.3 Å². The number of amides is 1. The smallest absolute Gasteiger partial charge is 0.219 e. The standard InChI is InChI=1S/C16H33NO3S/c18-12-9-11-17-16(20)10-7-5-3-1-2-4-6-8-14-21-15-13-19/h18-19H,1-15H2,(H,17,20). The summed E-state index contributed by atoms with van der Waals surface area (Å²) < 4.78 is 0. The van der Waals surface area contributed by atoms with E-state index in [2.05, 4.69) is 5.32 Å². The summed E-state index contributed by atoms with van der Waals surface area (Å²) in [5.41, 5.74) is 0. The van der Waals surface area contributed by atoms with Crippen LogP contribution in [0.25, 0.3) is 0 Å². The van der Waals surface area contributed by atoms with Crippen LogP contribution in [-0.2, 0) is 4.79 Å². The molecule has 21 heavy (non-hydrogen) atoms. The number of hydrogen-bond donors (Lipinski definition) is 3. The maximum atomic E-state index is 11.4. The van der Waals surface area contributed by atoms with Gasteiger partial charge >= 0.3 is 0 Å². The van der Waals surface area contributed by atoms with Gasteiger partial charge in [0, 0.05) is 25.3 Å². The average Bonchev–Trinajstić information content (AvgIpc) is 2.48. The summed E-state index contributed by atoms with van der Waals surface area (Å²) in [6, 6.07) is 0. The Morgan fingerprint density at radius 1 is 0.762 bits per heavy atom. The molecule has 0 unspecified atom stereocenters. The molecule has 0 heterocycles. The number of carbonyl (C=O) groups excluding carboxylic acids is 1. The van der Waals surface area contributed by atoms with E-state index < -0.39 is 0 Å². The van der Waals surface area contributed by atoms with Gasteiger partial charge in [-0.05, 0) is 25.0 Å². The molecular formula is C16H33NO3S. The second-order valence-electron chi connectivity index (χ2n) is 5.34. The van der Waals surface area contributed by atoms with Gasteiger partial charge in [-0.1, -0.05) is 38.5 Å². The van der Waals surface area contributed by atoms with E-state index in [0.717, 1.165) is 18.6 Å². The van der Waals surface area contributed by atoms with Crippen LogP contribution in [0.3, 0.4) is 0 Å². The largest absolute Gasteiger partial charge is 0.396 e. The Kier molecular flexibility index (Phi) is 17.6. The molecule has 0 rings (SSSR count). The van der Waals surface area contributed by atoms with Gasteiger partial charge in [0.05, 0.1) is 6.61 Å². The van der Waals surface area contributed by atoms with Crippen molar-refractivity contribution < 1.29 is 15.0 Å². The molecule has 3 N–H and O–H groups in total. The predicted molar refractivity (Wildman–Crippen MR) is 90.7 cm³/mol.